The van der Waals surface area contributed by atoms with E-state index in [2.05, 4.69) is 17.1 Å². The van der Waals surface area contributed by atoms with Gasteiger partial charge in [0, 0.05) is 19.1 Å². The number of phenolic OH excluding ortho intramolecular Hbond substituents is 1. The second kappa shape index (κ2) is 7.51. The van der Waals surface area contributed by atoms with Crippen LogP contribution >= 0.6 is 0 Å². The molecule has 1 aliphatic rings. The summed E-state index contributed by atoms with van der Waals surface area (Å²) in [6, 6.07) is 8.09. The lowest BCUT2D eigenvalue weighted by molar-refractivity contribution is 0.327. The lowest BCUT2D eigenvalue weighted by atomic mass is 10.1. The molecule has 1 aromatic carbocycles. The summed E-state index contributed by atoms with van der Waals surface area (Å²) in [4.78, 5) is 2.54. The van der Waals surface area contributed by atoms with E-state index in [0.29, 0.717) is 11.8 Å². The van der Waals surface area contributed by atoms with E-state index in [1.807, 2.05) is 12.1 Å². The Morgan fingerprint density at radius 3 is 2.58 bits per heavy atom. The normalized spacial score (nSPS) is 17.7. The third-order valence-corrected chi connectivity index (χ3v) is 3.92. The van der Waals surface area contributed by atoms with E-state index >= 15 is 0 Å². The van der Waals surface area contributed by atoms with E-state index < -0.39 is 0 Å². The van der Waals surface area contributed by atoms with Gasteiger partial charge in [0.25, 0.3) is 0 Å². The predicted molar refractivity (Wildman–Crippen MR) is 79.6 cm³/mol. The summed E-state index contributed by atoms with van der Waals surface area (Å²) in [5.74, 6) is 0.348. The van der Waals surface area contributed by atoms with Crippen LogP contribution in [0.4, 0.5) is 0 Å². The summed E-state index contributed by atoms with van der Waals surface area (Å²) >= 11 is 0. The van der Waals surface area contributed by atoms with Crippen molar-refractivity contribution in [1.82, 2.24) is 10.2 Å². The molecule has 106 valence electrons. The molecule has 19 heavy (non-hydrogen) atoms. The van der Waals surface area contributed by atoms with Crippen molar-refractivity contribution in [2.45, 2.75) is 38.6 Å². The molecule has 1 fully saturated rings. The van der Waals surface area contributed by atoms with Crippen LogP contribution in [0, 0.1) is 0 Å². The molecule has 1 heterocycles. The highest BCUT2D eigenvalue weighted by atomic mass is 16.3. The second-order valence-electron chi connectivity index (χ2n) is 5.61. The van der Waals surface area contributed by atoms with Crippen LogP contribution in [0.3, 0.4) is 0 Å². The molecule has 1 unspecified atom stereocenters. The number of rotatable bonds is 7. The molecule has 3 heteroatoms. The Labute approximate surface area is 116 Å². The maximum atomic E-state index is 9.24. The highest BCUT2D eigenvalue weighted by Crippen LogP contribution is 2.12. The molecular formula is C16H26N2O. The summed E-state index contributed by atoms with van der Waals surface area (Å²) < 4.78 is 0. The van der Waals surface area contributed by atoms with Crippen molar-refractivity contribution < 1.29 is 5.11 Å². The molecule has 3 nitrogen and oxygen atoms in total. The van der Waals surface area contributed by atoms with Gasteiger partial charge in [0.2, 0.25) is 0 Å². The third-order valence-electron chi connectivity index (χ3n) is 3.92. The van der Waals surface area contributed by atoms with Gasteiger partial charge in [-0.1, -0.05) is 12.1 Å². The van der Waals surface area contributed by atoms with Crippen LogP contribution in [-0.4, -0.2) is 42.2 Å². The molecule has 0 aromatic heterocycles. The van der Waals surface area contributed by atoms with E-state index in [1.165, 1.54) is 38.0 Å². The Kier molecular flexibility index (Phi) is 5.67. The molecule has 0 radical (unpaired) electrons. The molecule has 0 amide bonds. The van der Waals surface area contributed by atoms with Gasteiger partial charge in [0.05, 0.1) is 0 Å². The third kappa shape index (κ3) is 5.21. The zero-order valence-electron chi connectivity index (χ0n) is 11.9. The zero-order valence-corrected chi connectivity index (χ0v) is 11.9. The Morgan fingerprint density at radius 2 is 1.89 bits per heavy atom. The van der Waals surface area contributed by atoms with Gasteiger partial charge in [0.15, 0.2) is 0 Å². The average molecular weight is 262 g/mol. The van der Waals surface area contributed by atoms with E-state index in [0.717, 1.165) is 19.4 Å². The summed E-state index contributed by atoms with van der Waals surface area (Å²) in [5, 5.41) is 12.8. The van der Waals surface area contributed by atoms with Crippen LogP contribution in [0.2, 0.25) is 0 Å². The van der Waals surface area contributed by atoms with Gasteiger partial charge in [-0.25, -0.2) is 0 Å². The summed E-state index contributed by atoms with van der Waals surface area (Å²) in [5.41, 5.74) is 1.30. The number of aromatic hydroxyl groups is 1. The molecule has 0 spiro atoms. The van der Waals surface area contributed by atoms with E-state index in [-0.39, 0.29) is 0 Å². The van der Waals surface area contributed by atoms with Crippen LogP contribution < -0.4 is 5.32 Å². The topological polar surface area (TPSA) is 35.5 Å². The minimum Gasteiger partial charge on any atom is -0.508 e. The SMILES string of the molecule is CC(CCc1ccc(O)cc1)NCCN1CCCC1. The Hall–Kier alpha value is -1.06. The number of benzene rings is 1. The van der Waals surface area contributed by atoms with Crippen molar-refractivity contribution in [3.63, 3.8) is 0 Å². The standard InChI is InChI=1S/C16H26N2O/c1-14(17-10-13-18-11-2-3-12-18)4-5-15-6-8-16(19)9-7-15/h6-9,14,17,19H,2-5,10-13H2,1H3. The maximum Gasteiger partial charge on any atom is 0.115 e. The number of nitrogens with zero attached hydrogens (tertiary/aromatic N) is 1. The number of phenols is 1. The number of nitrogens with one attached hydrogen (secondary N) is 1. The van der Waals surface area contributed by atoms with Gasteiger partial charge in [-0.05, 0) is 63.4 Å². The first-order valence-corrected chi connectivity index (χ1v) is 7.48. The van der Waals surface area contributed by atoms with E-state index in [4.69, 9.17) is 0 Å². The smallest absolute Gasteiger partial charge is 0.115 e. The van der Waals surface area contributed by atoms with Crippen molar-refractivity contribution in [3.05, 3.63) is 29.8 Å². The second-order valence-corrected chi connectivity index (χ2v) is 5.61. The summed E-state index contributed by atoms with van der Waals surface area (Å²) in [7, 11) is 0. The van der Waals surface area contributed by atoms with E-state index in [9.17, 15) is 5.11 Å². The van der Waals surface area contributed by atoms with Crippen molar-refractivity contribution in [3.8, 4) is 5.75 Å². The fraction of sp³-hybridized carbons (Fsp3) is 0.625. The van der Waals surface area contributed by atoms with Gasteiger partial charge >= 0.3 is 0 Å². The minimum atomic E-state index is 0.348. The molecule has 2 rings (SSSR count). The molecule has 2 N–H and O–H groups in total. The van der Waals surface area contributed by atoms with Crippen LogP contribution in [0.5, 0.6) is 5.75 Å². The highest BCUT2D eigenvalue weighted by molar-refractivity contribution is 5.25. The summed E-state index contributed by atoms with van der Waals surface area (Å²) in [6.45, 7) is 7.10. The first kappa shape index (κ1) is 14.4. The summed E-state index contributed by atoms with van der Waals surface area (Å²) in [6.07, 6.45) is 4.95. The van der Waals surface area contributed by atoms with E-state index in [1.54, 1.807) is 12.1 Å². The molecule has 1 aliphatic heterocycles. The van der Waals surface area contributed by atoms with Crippen LogP contribution in [0.15, 0.2) is 24.3 Å². The minimum absolute atomic E-state index is 0.348. The lowest BCUT2D eigenvalue weighted by Crippen LogP contribution is -2.35. The first-order chi connectivity index (χ1) is 9.24. The maximum absolute atomic E-state index is 9.24. The van der Waals surface area contributed by atoms with Gasteiger partial charge in [-0.15, -0.1) is 0 Å². The largest absolute Gasteiger partial charge is 0.508 e. The number of hydrogen-bond acceptors (Lipinski definition) is 3. The van der Waals surface area contributed by atoms with Crippen LogP contribution in [-0.2, 0) is 6.42 Å². The number of likely N-dealkylation sites (tertiary alicyclic amines) is 1. The van der Waals surface area contributed by atoms with Gasteiger partial charge in [-0.2, -0.15) is 0 Å². The lowest BCUT2D eigenvalue weighted by Gasteiger charge is -2.18. The Balaban J connectivity index is 1.58. The van der Waals surface area contributed by atoms with Gasteiger partial charge in [0.1, 0.15) is 5.75 Å². The molecule has 0 bridgehead atoms. The van der Waals surface area contributed by atoms with Gasteiger partial charge in [-0.3, -0.25) is 0 Å². The number of aryl methyl sites for hydroxylation is 1. The van der Waals surface area contributed by atoms with Crippen LogP contribution in [0.25, 0.3) is 0 Å². The zero-order chi connectivity index (χ0) is 13.5. The Bertz CT molecular complexity index is 358. The molecule has 0 aliphatic carbocycles. The van der Waals surface area contributed by atoms with Crippen molar-refractivity contribution in [1.29, 1.82) is 0 Å². The van der Waals surface area contributed by atoms with Crippen molar-refractivity contribution >= 4 is 0 Å². The Morgan fingerprint density at radius 1 is 1.21 bits per heavy atom. The number of hydrogen-bond donors (Lipinski definition) is 2. The highest BCUT2D eigenvalue weighted by Gasteiger charge is 2.10. The monoisotopic (exact) mass is 262 g/mol. The van der Waals surface area contributed by atoms with Crippen LogP contribution in [0.1, 0.15) is 31.7 Å². The van der Waals surface area contributed by atoms with Gasteiger partial charge < -0.3 is 15.3 Å². The fourth-order valence-corrected chi connectivity index (χ4v) is 2.62. The van der Waals surface area contributed by atoms with Crippen molar-refractivity contribution in [2.75, 3.05) is 26.2 Å². The molecule has 1 atom stereocenters. The predicted octanol–water partition coefficient (Wildman–Crippen LogP) is 2.40. The average Bonchev–Trinajstić information content (AvgIpc) is 2.91. The first-order valence-electron chi connectivity index (χ1n) is 7.48. The molecule has 0 saturated carbocycles. The quantitative estimate of drug-likeness (QED) is 0.792. The van der Waals surface area contributed by atoms with Crippen molar-refractivity contribution in [2.24, 2.45) is 0 Å². The molecule has 1 aromatic rings. The fourth-order valence-electron chi connectivity index (χ4n) is 2.62. The molecule has 1 saturated heterocycles. The molecular weight excluding hydrogens is 236 g/mol.